The summed E-state index contributed by atoms with van der Waals surface area (Å²) in [6.45, 7) is 0.602. The summed E-state index contributed by atoms with van der Waals surface area (Å²) < 4.78 is 39.5. The molecule has 21 heavy (non-hydrogen) atoms. The van der Waals surface area contributed by atoms with Gasteiger partial charge in [-0.05, 0) is 23.3 Å². The highest BCUT2D eigenvalue weighted by Crippen LogP contribution is 2.19. The van der Waals surface area contributed by atoms with Crippen LogP contribution < -0.4 is 5.73 Å². The summed E-state index contributed by atoms with van der Waals surface area (Å²) >= 11 is 0. The van der Waals surface area contributed by atoms with Crippen LogP contribution in [0.1, 0.15) is 11.1 Å². The van der Waals surface area contributed by atoms with E-state index in [1.807, 2.05) is 24.3 Å². The summed E-state index contributed by atoms with van der Waals surface area (Å²) in [5, 5.41) is 0. The number of hydrogen-bond donors (Lipinski definition) is 1. The summed E-state index contributed by atoms with van der Waals surface area (Å²) in [6, 6.07) is 12.7. The minimum atomic E-state index is -3.85. The first-order valence-electron chi connectivity index (χ1n) is 6.44. The van der Waals surface area contributed by atoms with E-state index in [2.05, 4.69) is 0 Å². The van der Waals surface area contributed by atoms with Crippen molar-refractivity contribution < 1.29 is 12.8 Å². The quantitative estimate of drug-likeness (QED) is 0.920. The van der Waals surface area contributed by atoms with Crippen LogP contribution in [0.15, 0.2) is 53.4 Å². The van der Waals surface area contributed by atoms with Gasteiger partial charge < -0.3 is 5.73 Å². The molecular formula is C15H17FN2O2S. The summed E-state index contributed by atoms with van der Waals surface area (Å²) in [5.41, 5.74) is 7.30. The molecule has 0 unspecified atom stereocenters. The SMILES string of the molecule is CN(Cc1ccc(CN)cc1)S(=O)(=O)c1ccccc1F. The van der Waals surface area contributed by atoms with Gasteiger partial charge in [-0.1, -0.05) is 36.4 Å². The number of rotatable bonds is 5. The Morgan fingerprint density at radius 2 is 1.62 bits per heavy atom. The number of nitrogens with two attached hydrogens (primary N) is 1. The standard InChI is InChI=1S/C15H17FN2O2S/c1-18(11-13-8-6-12(10-17)7-9-13)21(19,20)15-5-3-2-4-14(15)16/h2-9H,10-11,17H2,1H3. The maximum absolute atomic E-state index is 13.7. The van der Waals surface area contributed by atoms with Crippen LogP contribution in [-0.4, -0.2) is 19.8 Å². The third kappa shape index (κ3) is 3.47. The highest BCUT2D eigenvalue weighted by Gasteiger charge is 2.24. The van der Waals surface area contributed by atoms with Gasteiger partial charge in [-0.15, -0.1) is 0 Å². The fraction of sp³-hybridized carbons (Fsp3) is 0.200. The van der Waals surface area contributed by atoms with Crippen molar-refractivity contribution in [2.75, 3.05) is 7.05 Å². The van der Waals surface area contributed by atoms with E-state index in [0.717, 1.165) is 21.5 Å². The molecule has 6 heteroatoms. The second-order valence-corrected chi connectivity index (χ2v) is 6.73. The van der Waals surface area contributed by atoms with E-state index in [-0.39, 0.29) is 11.4 Å². The van der Waals surface area contributed by atoms with Crippen LogP contribution in [0.3, 0.4) is 0 Å². The minimum absolute atomic E-state index is 0.168. The van der Waals surface area contributed by atoms with Crippen molar-refractivity contribution in [3.63, 3.8) is 0 Å². The van der Waals surface area contributed by atoms with E-state index in [0.29, 0.717) is 6.54 Å². The second kappa shape index (κ2) is 6.34. The van der Waals surface area contributed by atoms with E-state index >= 15 is 0 Å². The van der Waals surface area contributed by atoms with E-state index < -0.39 is 15.8 Å². The zero-order chi connectivity index (χ0) is 15.5. The number of hydrogen-bond acceptors (Lipinski definition) is 3. The second-order valence-electron chi connectivity index (χ2n) is 4.71. The van der Waals surface area contributed by atoms with Crippen molar-refractivity contribution in [2.45, 2.75) is 18.0 Å². The smallest absolute Gasteiger partial charge is 0.246 e. The highest BCUT2D eigenvalue weighted by molar-refractivity contribution is 7.89. The molecule has 0 aliphatic rings. The van der Waals surface area contributed by atoms with Gasteiger partial charge in [0.25, 0.3) is 0 Å². The Morgan fingerprint density at radius 1 is 1.05 bits per heavy atom. The number of nitrogens with zero attached hydrogens (tertiary/aromatic N) is 1. The Hall–Kier alpha value is -1.76. The molecule has 2 N–H and O–H groups in total. The van der Waals surface area contributed by atoms with Crippen LogP contribution >= 0.6 is 0 Å². The molecule has 0 aromatic heterocycles. The van der Waals surface area contributed by atoms with Gasteiger partial charge in [0.05, 0.1) is 0 Å². The Kier molecular flexibility index (Phi) is 4.72. The lowest BCUT2D eigenvalue weighted by molar-refractivity contribution is 0.460. The molecule has 112 valence electrons. The molecule has 0 amide bonds. The molecule has 0 fully saturated rings. The van der Waals surface area contributed by atoms with E-state index in [9.17, 15) is 12.8 Å². The van der Waals surface area contributed by atoms with Crippen LogP contribution in [0.4, 0.5) is 4.39 Å². The van der Waals surface area contributed by atoms with Crippen molar-refractivity contribution in [2.24, 2.45) is 5.73 Å². The topological polar surface area (TPSA) is 63.4 Å². The van der Waals surface area contributed by atoms with E-state index in [1.54, 1.807) is 0 Å². The first-order chi connectivity index (χ1) is 9.95. The Labute approximate surface area is 124 Å². The molecule has 2 rings (SSSR count). The van der Waals surface area contributed by atoms with Crippen LogP contribution in [0, 0.1) is 5.82 Å². The maximum atomic E-state index is 13.7. The predicted molar refractivity (Wildman–Crippen MR) is 79.4 cm³/mol. The normalized spacial score (nSPS) is 11.8. The lowest BCUT2D eigenvalue weighted by Gasteiger charge is -2.17. The predicted octanol–water partition coefficient (Wildman–Crippen LogP) is 2.11. The average Bonchev–Trinajstić information content (AvgIpc) is 2.48. The summed E-state index contributed by atoms with van der Waals surface area (Å²) in [6.07, 6.45) is 0. The van der Waals surface area contributed by atoms with Gasteiger partial charge in [-0.2, -0.15) is 4.31 Å². The van der Waals surface area contributed by atoms with Gasteiger partial charge in [0, 0.05) is 20.1 Å². The largest absolute Gasteiger partial charge is 0.326 e. The van der Waals surface area contributed by atoms with Gasteiger partial charge in [-0.3, -0.25) is 0 Å². The van der Waals surface area contributed by atoms with Crippen molar-refractivity contribution in [1.29, 1.82) is 0 Å². The fourth-order valence-electron chi connectivity index (χ4n) is 1.94. The van der Waals surface area contributed by atoms with Crippen molar-refractivity contribution >= 4 is 10.0 Å². The van der Waals surface area contributed by atoms with Gasteiger partial charge >= 0.3 is 0 Å². The van der Waals surface area contributed by atoms with Crippen LogP contribution in [-0.2, 0) is 23.1 Å². The lowest BCUT2D eigenvalue weighted by atomic mass is 10.1. The molecule has 0 saturated carbocycles. The molecule has 0 aliphatic carbocycles. The van der Waals surface area contributed by atoms with Crippen molar-refractivity contribution in [3.8, 4) is 0 Å². The van der Waals surface area contributed by atoms with Gasteiger partial charge in [-0.25, -0.2) is 12.8 Å². The van der Waals surface area contributed by atoms with Crippen LogP contribution in [0.2, 0.25) is 0 Å². The first kappa shape index (κ1) is 15.6. The number of halogens is 1. The van der Waals surface area contributed by atoms with Gasteiger partial charge in [0.15, 0.2) is 0 Å². The molecule has 0 radical (unpaired) electrons. The number of sulfonamides is 1. The monoisotopic (exact) mass is 308 g/mol. The van der Waals surface area contributed by atoms with Crippen molar-refractivity contribution in [1.82, 2.24) is 4.31 Å². The van der Waals surface area contributed by atoms with Crippen molar-refractivity contribution in [3.05, 3.63) is 65.5 Å². The Balaban J connectivity index is 2.22. The average molecular weight is 308 g/mol. The third-order valence-electron chi connectivity index (χ3n) is 3.19. The maximum Gasteiger partial charge on any atom is 0.246 e. The lowest BCUT2D eigenvalue weighted by Crippen LogP contribution is -2.27. The summed E-state index contributed by atoms with van der Waals surface area (Å²) in [5.74, 6) is -0.747. The fourth-order valence-corrected chi connectivity index (χ4v) is 3.16. The molecule has 0 saturated heterocycles. The Bertz CT molecular complexity index is 715. The molecule has 0 spiro atoms. The van der Waals surface area contributed by atoms with E-state index in [4.69, 9.17) is 5.73 Å². The molecule has 0 heterocycles. The highest BCUT2D eigenvalue weighted by atomic mass is 32.2. The van der Waals surface area contributed by atoms with E-state index in [1.165, 1.54) is 25.2 Å². The summed E-state index contributed by atoms with van der Waals surface area (Å²) in [7, 11) is -2.42. The minimum Gasteiger partial charge on any atom is -0.326 e. The third-order valence-corrected chi connectivity index (χ3v) is 5.03. The number of benzene rings is 2. The molecule has 0 bridgehead atoms. The molecule has 4 nitrogen and oxygen atoms in total. The molecule has 0 aliphatic heterocycles. The Morgan fingerprint density at radius 3 is 2.19 bits per heavy atom. The molecule has 2 aromatic rings. The molecule has 2 aromatic carbocycles. The first-order valence-corrected chi connectivity index (χ1v) is 7.88. The van der Waals surface area contributed by atoms with Gasteiger partial charge in [0.1, 0.15) is 10.7 Å². The molecule has 0 atom stereocenters. The zero-order valence-corrected chi connectivity index (χ0v) is 12.5. The zero-order valence-electron chi connectivity index (χ0n) is 11.7. The molecular weight excluding hydrogens is 291 g/mol. The van der Waals surface area contributed by atoms with Gasteiger partial charge in [0.2, 0.25) is 10.0 Å². The van der Waals surface area contributed by atoms with Crippen LogP contribution in [0.25, 0.3) is 0 Å². The summed E-state index contributed by atoms with van der Waals surface area (Å²) in [4.78, 5) is -0.314. The van der Waals surface area contributed by atoms with Crippen LogP contribution in [0.5, 0.6) is 0 Å².